The summed E-state index contributed by atoms with van der Waals surface area (Å²) in [5.74, 6) is -0.227. The number of amides is 1. The second kappa shape index (κ2) is 16.5. The predicted molar refractivity (Wildman–Crippen MR) is 201 cm³/mol. The van der Waals surface area contributed by atoms with Crippen molar-refractivity contribution in [1.82, 2.24) is 9.97 Å². The predicted octanol–water partition coefficient (Wildman–Crippen LogP) is 4.74. The van der Waals surface area contributed by atoms with Crippen LogP contribution in [0.15, 0.2) is 58.6 Å². The van der Waals surface area contributed by atoms with Crippen LogP contribution in [-0.2, 0) is 76.0 Å². The van der Waals surface area contributed by atoms with E-state index < -0.39 is 31.5 Å². The van der Waals surface area contributed by atoms with Crippen molar-refractivity contribution >= 4 is 31.5 Å². The van der Waals surface area contributed by atoms with Gasteiger partial charge in [-0.3, -0.25) is 4.79 Å². The summed E-state index contributed by atoms with van der Waals surface area (Å²) in [5, 5.41) is 16.5. The number of ether oxygens (including phenoxy) is 3. The van der Waals surface area contributed by atoms with Gasteiger partial charge in [0.05, 0.1) is 14.2 Å². The molecule has 54 heavy (non-hydrogen) atoms. The number of hydrogen-bond acceptors (Lipinski definition) is 11. The second-order valence-corrected chi connectivity index (χ2v) is 17.0. The highest BCUT2D eigenvalue weighted by Gasteiger charge is 2.29. The number of sulfonamides is 1. The fraction of sp³-hybridized carbons (Fsp3) is 0.385. The number of hydrogen-bond donors (Lipinski definition) is 2. The summed E-state index contributed by atoms with van der Waals surface area (Å²) >= 11 is 0. The van der Waals surface area contributed by atoms with Gasteiger partial charge >= 0.3 is 0 Å². The van der Waals surface area contributed by atoms with Gasteiger partial charge in [-0.2, -0.15) is 0 Å². The van der Waals surface area contributed by atoms with Crippen molar-refractivity contribution in [2.75, 3.05) is 25.3 Å². The van der Waals surface area contributed by atoms with Crippen LogP contribution in [0.25, 0.3) is 0 Å². The van der Waals surface area contributed by atoms with Crippen molar-refractivity contribution in [2.24, 2.45) is 5.14 Å². The van der Waals surface area contributed by atoms with E-state index in [0.717, 1.165) is 75.6 Å². The van der Waals surface area contributed by atoms with Gasteiger partial charge in [0, 0.05) is 18.1 Å². The van der Waals surface area contributed by atoms with Crippen molar-refractivity contribution in [3.8, 4) is 23.8 Å². The van der Waals surface area contributed by atoms with Gasteiger partial charge in [0.1, 0.15) is 21.3 Å². The smallest absolute Gasteiger partial charge is 0.292 e. The Bertz CT molecular complexity index is 2280. The maximum atomic E-state index is 12.7. The Morgan fingerprint density at radius 1 is 0.741 bits per heavy atom. The van der Waals surface area contributed by atoms with E-state index in [4.69, 9.17) is 24.6 Å². The fourth-order valence-electron chi connectivity index (χ4n) is 7.84. The first-order valence-corrected chi connectivity index (χ1v) is 21.1. The van der Waals surface area contributed by atoms with Crippen LogP contribution in [0.2, 0.25) is 0 Å². The summed E-state index contributed by atoms with van der Waals surface area (Å²) in [5.41, 5.74) is 11.2. The molecular weight excluding hydrogens is 731 g/mol. The van der Waals surface area contributed by atoms with Crippen molar-refractivity contribution in [3.63, 3.8) is 0 Å². The molecule has 4 aliphatic carbocycles. The van der Waals surface area contributed by atoms with Crippen LogP contribution in [0.1, 0.15) is 70.2 Å². The summed E-state index contributed by atoms with van der Waals surface area (Å²) in [4.78, 5) is 20.1. The Morgan fingerprint density at radius 2 is 1.19 bits per heavy atom. The number of carbonyl (C=O) groups is 1. The summed E-state index contributed by atoms with van der Waals surface area (Å²) in [6, 6.07) is 10.4. The number of primary sulfonamides is 1. The molecule has 13 nitrogen and oxygen atoms in total. The van der Waals surface area contributed by atoms with E-state index >= 15 is 0 Å². The molecule has 1 amide bonds. The first-order valence-electron chi connectivity index (χ1n) is 17.9. The molecule has 2 aromatic heterocycles. The monoisotopic (exact) mass is 773 g/mol. The van der Waals surface area contributed by atoms with Crippen LogP contribution < -0.4 is 24.7 Å². The number of methoxy groups -OCH3 is 2. The number of nitrogens with one attached hydrogen (secondary N) is 1. The number of fused-ring (bicyclic) bond motifs is 4. The molecule has 2 heterocycles. The molecule has 0 saturated heterocycles. The lowest BCUT2D eigenvalue weighted by Gasteiger charge is -2.16. The highest BCUT2D eigenvalue weighted by Crippen LogP contribution is 2.41. The van der Waals surface area contributed by atoms with E-state index in [1.54, 1.807) is 0 Å². The van der Waals surface area contributed by atoms with Crippen LogP contribution in [-0.4, -0.2) is 52.7 Å². The average molecular weight is 774 g/mol. The van der Waals surface area contributed by atoms with Gasteiger partial charge in [-0.25, -0.2) is 31.9 Å². The largest absolute Gasteiger partial charge is 0.480 e. The number of aryl methyl sites for hydroxylation is 4. The van der Waals surface area contributed by atoms with Crippen molar-refractivity contribution in [2.45, 2.75) is 86.8 Å². The summed E-state index contributed by atoms with van der Waals surface area (Å²) in [6.07, 6.45) is 17.7. The highest BCUT2D eigenvalue weighted by molar-refractivity contribution is 7.92. The number of carbonyl (C=O) groups excluding carboxylic acids is 1. The van der Waals surface area contributed by atoms with E-state index in [1.807, 2.05) is 6.26 Å². The number of nitriles is 1. The average Bonchev–Trinajstić information content (AvgIpc) is 3.99. The minimum absolute atomic E-state index is 0.00629. The number of benzene rings is 2. The molecule has 0 atom stereocenters. The van der Waals surface area contributed by atoms with Crippen molar-refractivity contribution < 1.29 is 35.8 Å². The number of sulfone groups is 1. The van der Waals surface area contributed by atoms with Gasteiger partial charge < -0.3 is 19.5 Å². The maximum Gasteiger partial charge on any atom is 0.292 e. The van der Waals surface area contributed by atoms with Gasteiger partial charge in [0.15, 0.2) is 9.84 Å². The number of nitrogens with two attached hydrogens (primary N) is 1. The lowest BCUT2D eigenvalue weighted by Crippen LogP contribution is -2.24. The Labute approximate surface area is 315 Å². The van der Waals surface area contributed by atoms with Crippen molar-refractivity contribution in [3.05, 3.63) is 93.3 Å². The molecule has 2 aromatic carbocycles. The van der Waals surface area contributed by atoms with Crippen molar-refractivity contribution in [1.29, 1.82) is 5.26 Å². The standard InChI is InChI=1S/C20H22N2O4S.C13H13NO.C6H8N2O3S/c1-26-20-17(9-4-10-21-20)27(24,25)12-18(23)22-19-15-7-2-5-13(15)11-14-6-3-8-16(14)19;14-8-15-13-11-5-1-3-9(11)7-10-4-2-6-12(10)13;1-11-6-5(12(7,9)10)3-2-4-8-6/h4,9-11H,2-3,5-8,12H2,1H3,(H,22,23);7H,1-6H2;2-4H,1H3,(H2,7,9,10). The third kappa shape index (κ3) is 8.36. The number of aromatic nitrogens is 2. The molecule has 0 radical (unpaired) electrons. The molecule has 0 unspecified atom stereocenters. The fourth-order valence-corrected chi connectivity index (χ4v) is 9.75. The number of rotatable bonds is 8. The van der Waals surface area contributed by atoms with Gasteiger partial charge in [-0.15, -0.1) is 5.26 Å². The minimum Gasteiger partial charge on any atom is -0.480 e. The van der Waals surface area contributed by atoms with E-state index in [-0.39, 0.29) is 21.6 Å². The third-order valence-electron chi connectivity index (χ3n) is 10.1. The van der Waals surface area contributed by atoms with Gasteiger partial charge in [-0.1, -0.05) is 12.1 Å². The topological polar surface area (TPSA) is 201 Å². The first-order chi connectivity index (χ1) is 25.9. The molecule has 0 aliphatic heterocycles. The second-order valence-electron chi connectivity index (χ2n) is 13.5. The van der Waals surface area contributed by atoms with E-state index in [2.05, 4.69) is 27.4 Å². The Hall–Kier alpha value is -5.04. The molecule has 0 saturated carbocycles. The molecule has 0 fully saturated rings. The molecular formula is C39H43N5O8S2. The van der Waals surface area contributed by atoms with E-state index in [1.165, 1.54) is 108 Å². The summed E-state index contributed by atoms with van der Waals surface area (Å²) in [6.45, 7) is 0. The quantitative estimate of drug-likeness (QED) is 0.234. The minimum atomic E-state index is -3.85. The molecule has 3 N–H and O–H groups in total. The zero-order valence-corrected chi connectivity index (χ0v) is 31.9. The summed E-state index contributed by atoms with van der Waals surface area (Å²) < 4.78 is 62.1. The van der Waals surface area contributed by atoms with Gasteiger partial charge in [0.2, 0.25) is 27.7 Å². The molecule has 8 rings (SSSR count). The summed E-state index contributed by atoms with van der Waals surface area (Å²) in [7, 11) is -4.89. The van der Waals surface area contributed by atoms with Crippen LogP contribution in [0.5, 0.6) is 17.5 Å². The Morgan fingerprint density at radius 3 is 1.63 bits per heavy atom. The van der Waals surface area contributed by atoms with Crippen LogP contribution in [0.3, 0.4) is 0 Å². The maximum absolute atomic E-state index is 12.7. The Kier molecular flexibility index (Phi) is 11.8. The van der Waals surface area contributed by atoms with E-state index in [9.17, 15) is 21.6 Å². The number of anilines is 1. The van der Waals surface area contributed by atoms with E-state index in [0.29, 0.717) is 0 Å². The molecule has 0 bridgehead atoms. The molecule has 0 spiro atoms. The number of pyridine rings is 2. The zero-order chi connectivity index (χ0) is 38.5. The molecule has 15 heteroatoms. The third-order valence-corrected chi connectivity index (χ3v) is 12.7. The van der Waals surface area contributed by atoms with Gasteiger partial charge in [-0.05, 0) is 146 Å². The normalized spacial score (nSPS) is 14.9. The number of nitrogens with zero attached hydrogens (tertiary/aromatic N) is 3. The van der Waals surface area contributed by atoms with Gasteiger partial charge in [0.25, 0.3) is 6.26 Å². The highest BCUT2D eigenvalue weighted by atomic mass is 32.2. The molecule has 284 valence electrons. The Balaban J connectivity index is 0.000000154. The van der Waals surface area contributed by atoms with Crippen LogP contribution in [0.4, 0.5) is 5.69 Å². The van der Waals surface area contributed by atoms with Crippen LogP contribution in [0, 0.1) is 11.5 Å². The molecule has 4 aromatic rings. The lowest BCUT2D eigenvalue weighted by molar-refractivity contribution is -0.113. The van der Waals surface area contributed by atoms with Crippen LogP contribution >= 0.6 is 0 Å². The zero-order valence-electron chi connectivity index (χ0n) is 30.3. The lowest BCUT2D eigenvalue weighted by atomic mass is 9.98. The SMILES string of the molecule is COc1ncccc1S(=O)(=O)CC(=O)Nc1c2c(cc3c1CCC3)CCC2.COc1ncccc1S(N)(=O)=O.N#COc1c2c(cc3c1CCC3)CCC2. The molecule has 4 aliphatic rings. The first kappa shape index (κ1) is 38.7.